The van der Waals surface area contributed by atoms with Gasteiger partial charge in [0.1, 0.15) is 18.2 Å². The average Bonchev–Trinajstić information content (AvgIpc) is 3.45. The standard InChI is InChI=1S/C22H25N7O/c1-3-15(2)20(21-24-17-11-7-8-12-18(17)25-21)26-22(30)19(29-14-23-27-28-29)13-16-9-5-4-6-10-16/h4-12,14-15,19-20H,3,13H2,1-2H3,(H,24,25)(H,26,30). The first-order valence-electron chi connectivity index (χ1n) is 10.2. The predicted molar refractivity (Wildman–Crippen MR) is 113 cm³/mol. The van der Waals surface area contributed by atoms with Gasteiger partial charge in [0.25, 0.3) is 0 Å². The Bertz CT molecular complexity index is 1060. The maximum absolute atomic E-state index is 13.4. The molecule has 154 valence electrons. The lowest BCUT2D eigenvalue weighted by Gasteiger charge is -2.25. The van der Waals surface area contributed by atoms with Crippen LogP contribution in [-0.4, -0.2) is 36.1 Å². The van der Waals surface area contributed by atoms with Crippen LogP contribution in [0, 0.1) is 5.92 Å². The van der Waals surface area contributed by atoms with E-state index in [2.05, 4.69) is 39.7 Å². The molecule has 0 aliphatic rings. The Labute approximate surface area is 174 Å². The van der Waals surface area contributed by atoms with E-state index < -0.39 is 6.04 Å². The first-order chi connectivity index (χ1) is 14.7. The molecule has 4 aromatic rings. The van der Waals surface area contributed by atoms with Crippen molar-refractivity contribution in [1.29, 1.82) is 0 Å². The number of hydrogen-bond acceptors (Lipinski definition) is 5. The highest BCUT2D eigenvalue weighted by Gasteiger charge is 2.29. The van der Waals surface area contributed by atoms with Gasteiger partial charge in [-0.15, -0.1) is 5.10 Å². The van der Waals surface area contributed by atoms with Crippen molar-refractivity contribution in [2.75, 3.05) is 0 Å². The van der Waals surface area contributed by atoms with Gasteiger partial charge in [0.2, 0.25) is 5.91 Å². The Kier molecular flexibility index (Phi) is 5.83. The summed E-state index contributed by atoms with van der Waals surface area (Å²) >= 11 is 0. The van der Waals surface area contributed by atoms with E-state index in [1.165, 1.54) is 11.0 Å². The summed E-state index contributed by atoms with van der Waals surface area (Å²) in [6, 6.07) is 16.9. The van der Waals surface area contributed by atoms with Crippen LogP contribution in [0.3, 0.4) is 0 Å². The lowest BCUT2D eigenvalue weighted by Crippen LogP contribution is -2.39. The molecular formula is C22H25N7O. The van der Waals surface area contributed by atoms with Crippen molar-refractivity contribution in [3.63, 3.8) is 0 Å². The van der Waals surface area contributed by atoms with E-state index in [0.29, 0.717) is 6.42 Å². The number of tetrazole rings is 1. The molecule has 0 saturated carbocycles. The summed E-state index contributed by atoms with van der Waals surface area (Å²) < 4.78 is 1.51. The first-order valence-corrected chi connectivity index (χ1v) is 10.2. The van der Waals surface area contributed by atoms with E-state index in [1.807, 2.05) is 54.6 Å². The normalized spacial score (nSPS) is 14.3. The summed E-state index contributed by atoms with van der Waals surface area (Å²) in [7, 11) is 0. The van der Waals surface area contributed by atoms with Gasteiger partial charge in [-0.05, 0) is 34.0 Å². The number of H-pyrrole nitrogens is 1. The Balaban J connectivity index is 1.62. The van der Waals surface area contributed by atoms with Gasteiger partial charge in [-0.1, -0.05) is 62.7 Å². The summed E-state index contributed by atoms with van der Waals surface area (Å²) in [5.41, 5.74) is 2.88. The molecule has 0 spiro atoms. The number of hydrogen-bond donors (Lipinski definition) is 2. The number of nitrogens with zero attached hydrogens (tertiary/aromatic N) is 5. The average molecular weight is 403 g/mol. The fourth-order valence-electron chi connectivity index (χ4n) is 3.54. The van der Waals surface area contributed by atoms with Crippen LogP contribution in [0.2, 0.25) is 0 Å². The second-order valence-electron chi connectivity index (χ2n) is 7.51. The van der Waals surface area contributed by atoms with Crippen molar-refractivity contribution >= 4 is 16.9 Å². The third-order valence-electron chi connectivity index (χ3n) is 5.47. The molecule has 0 aliphatic heterocycles. The Hall–Kier alpha value is -3.55. The van der Waals surface area contributed by atoms with Crippen LogP contribution in [0.5, 0.6) is 0 Å². The third kappa shape index (κ3) is 4.22. The lowest BCUT2D eigenvalue weighted by atomic mass is 9.97. The molecule has 0 saturated heterocycles. The lowest BCUT2D eigenvalue weighted by molar-refractivity contribution is -0.125. The number of carbonyl (C=O) groups excluding carboxylic acids is 1. The highest BCUT2D eigenvalue weighted by molar-refractivity contribution is 5.81. The Morgan fingerprint density at radius 1 is 1.13 bits per heavy atom. The van der Waals surface area contributed by atoms with E-state index >= 15 is 0 Å². The van der Waals surface area contributed by atoms with Crippen LogP contribution < -0.4 is 5.32 Å². The monoisotopic (exact) mass is 403 g/mol. The zero-order valence-electron chi connectivity index (χ0n) is 17.1. The van der Waals surface area contributed by atoms with E-state index in [1.54, 1.807) is 0 Å². The van der Waals surface area contributed by atoms with Crippen molar-refractivity contribution < 1.29 is 4.79 Å². The van der Waals surface area contributed by atoms with Gasteiger partial charge in [-0.25, -0.2) is 9.67 Å². The molecule has 2 aromatic carbocycles. The van der Waals surface area contributed by atoms with Crippen molar-refractivity contribution in [3.05, 3.63) is 72.3 Å². The smallest absolute Gasteiger partial charge is 0.245 e. The summed E-state index contributed by atoms with van der Waals surface area (Å²) in [6.45, 7) is 4.22. The van der Waals surface area contributed by atoms with Gasteiger partial charge in [-0.2, -0.15) is 0 Å². The van der Waals surface area contributed by atoms with Crippen LogP contribution in [-0.2, 0) is 11.2 Å². The van der Waals surface area contributed by atoms with Crippen molar-refractivity contribution in [2.24, 2.45) is 5.92 Å². The fourth-order valence-corrected chi connectivity index (χ4v) is 3.54. The maximum Gasteiger partial charge on any atom is 0.245 e. The van der Waals surface area contributed by atoms with Crippen LogP contribution in [0.25, 0.3) is 11.0 Å². The quantitative estimate of drug-likeness (QED) is 0.470. The van der Waals surface area contributed by atoms with Gasteiger partial charge < -0.3 is 10.3 Å². The molecule has 30 heavy (non-hydrogen) atoms. The van der Waals surface area contributed by atoms with Gasteiger partial charge in [0.15, 0.2) is 0 Å². The van der Waals surface area contributed by atoms with Crippen molar-refractivity contribution in [2.45, 2.75) is 38.8 Å². The molecule has 0 radical (unpaired) electrons. The summed E-state index contributed by atoms with van der Waals surface area (Å²) in [4.78, 5) is 21.5. The third-order valence-corrected chi connectivity index (χ3v) is 5.47. The van der Waals surface area contributed by atoms with Crippen molar-refractivity contribution in [3.8, 4) is 0 Å². The minimum Gasteiger partial charge on any atom is -0.344 e. The number of aromatic amines is 1. The zero-order valence-corrected chi connectivity index (χ0v) is 17.1. The number of fused-ring (bicyclic) bond motifs is 1. The topological polar surface area (TPSA) is 101 Å². The highest BCUT2D eigenvalue weighted by Crippen LogP contribution is 2.26. The van der Waals surface area contributed by atoms with Gasteiger partial charge in [0.05, 0.1) is 17.1 Å². The van der Waals surface area contributed by atoms with Crippen LogP contribution in [0.4, 0.5) is 0 Å². The van der Waals surface area contributed by atoms with E-state index in [0.717, 1.165) is 28.8 Å². The number of rotatable bonds is 8. The predicted octanol–water partition coefficient (Wildman–Crippen LogP) is 3.24. The number of imidazole rings is 1. The van der Waals surface area contributed by atoms with Crippen LogP contribution in [0.15, 0.2) is 60.9 Å². The number of para-hydroxylation sites is 2. The SMILES string of the molecule is CCC(C)C(NC(=O)C(Cc1ccccc1)n1cnnn1)c1nc2ccccc2[nH]1. The molecule has 2 aromatic heterocycles. The fraction of sp³-hybridized carbons (Fsp3) is 0.318. The molecule has 0 aliphatic carbocycles. The van der Waals surface area contributed by atoms with Gasteiger partial charge in [-0.3, -0.25) is 4.79 Å². The van der Waals surface area contributed by atoms with Crippen LogP contribution in [0.1, 0.15) is 43.7 Å². The van der Waals surface area contributed by atoms with Crippen molar-refractivity contribution in [1.82, 2.24) is 35.5 Å². The Morgan fingerprint density at radius 3 is 2.60 bits per heavy atom. The number of aromatic nitrogens is 6. The van der Waals surface area contributed by atoms with E-state index in [9.17, 15) is 4.79 Å². The van der Waals surface area contributed by atoms with E-state index in [-0.39, 0.29) is 17.9 Å². The number of nitrogens with one attached hydrogen (secondary N) is 2. The number of amides is 1. The largest absolute Gasteiger partial charge is 0.344 e. The molecule has 8 nitrogen and oxygen atoms in total. The second-order valence-corrected chi connectivity index (χ2v) is 7.51. The molecule has 8 heteroatoms. The van der Waals surface area contributed by atoms with Gasteiger partial charge in [0, 0.05) is 6.42 Å². The minimum atomic E-state index is -0.557. The first kappa shape index (κ1) is 19.8. The molecule has 2 N–H and O–H groups in total. The summed E-state index contributed by atoms with van der Waals surface area (Å²) in [5.74, 6) is 0.812. The summed E-state index contributed by atoms with van der Waals surface area (Å²) in [6.07, 6.45) is 2.87. The molecule has 4 rings (SSSR count). The summed E-state index contributed by atoms with van der Waals surface area (Å²) in [5, 5.41) is 14.6. The maximum atomic E-state index is 13.4. The minimum absolute atomic E-state index is 0.142. The number of benzene rings is 2. The Morgan fingerprint density at radius 2 is 1.90 bits per heavy atom. The van der Waals surface area contributed by atoms with Crippen LogP contribution >= 0.6 is 0 Å². The number of carbonyl (C=O) groups is 1. The molecule has 0 fully saturated rings. The molecule has 1 amide bonds. The molecule has 3 atom stereocenters. The molecular weight excluding hydrogens is 378 g/mol. The highest BCUT2D eigenvalue weighted by atomic mass is 16.2. The van der Waals surface area contributed by atoms with Gasteiger partial charge >= 0.3 is 0 Å². The van der Waals surface area contributed by atoms with E-state index in [4.69, 9.17) is 4.98 Å². The molecule has 3 unspecified atom stereocenters. The zero-order chi connectivity index (χ0) is 20.9. The molecule has 2 heterocycles. The molecule has 0 bridgehead atoms. The second kappa shape index (κ2) is 8.86.